The van der Waals surface area contributed by atoms with Crippen molar-refractivity contribution in [2.45, 2.75) is 37.8 Å². The molecule has 1 saturated carbocycles. The Hall–Kier alpha value is -3.57. The van der Waals surface area contributed by atoms with Crippen LogP contribution in [0.4, 0.5) is 17.2 Å². The third-order valence-electron chi connectivity index (χ3n) is 7.90. The van der Waals surface area contributed by atoms with Crippen LogP contribution in [0.15, 0.2) is 42.6 Å². The number of hydrogen-bond acceptors (Lipinski definition) is 6. The molecule has 1 aliphatic carbocycles. The molecule has 35 heavy (non-hydrogen) atoms. The lowest BCUT2D eigenvalue weighted by Gasteiger charge is -2.37. The molecule has 0 atom stereocenters. The third-order valence-corrected chi connectivity index (χ3v) is 7.90. The van der Waals surface area contributed by atoms with Crippen molar-refractivity contribution in [1.82, 2.24) is 14.9 Å². The molecule has 0 radical (unpaired) electrons. The van der Waals surface area contributed by atoms with E-state index in [0.717, 1.165) is 74.5 Å². The standard InChI is InChI=1S/C27H31N7O/c1-29-20-15-23(16-20)34-18-19(17-28)24-8-9-25(30-27(24)34)32-13-11-31(12-14-32)21-4-6-22(7-5-21)33-10-2-3-26(33)35/h4-9,18,20,23,29H,2-3,10-16H2,1H3/t20-,23-. The van der Waals surface area contributed by atoms with Gasteiger partial charge in [-0.05, 0) is 62.7 Å². The molecule has 0 unspecified atom stereocenters. The Morgan fingerprint density at radius 3 is 2.34 bits per heavy atom. The molecule has 1 amide bonds. The van der Waals surface area contributed by atoms with Crippen LogP contribution >= 0.6 is 0 Å². The van der Waals surface area contributed by atoms with Gasteiger partial charge in [0.05, 0.1) is 5.56 Å². The number of anilines is 3. The summed E-state index contributed by atoms with van der Waals surface area (Å²) in [7, 11) is 2.01. The van der Waals surface area contributed by atoms with Gasteiger partial charge in [-0.15, -0.1) is 0 Å². The lowest BCUT2D eigenvalue weighted by molar-refractivity contribution is -0.117. The Morgan fingerprint density at radius 1 is 0.971 bits per heavy atom. The Kier molecular flexibility index (Phi) is 5.57. The second-order valence-electron chi connectivity index (χ2n) is 9.85. The van der Waals surface area contributed by atoms with Crippen LogP contribution in [0.3, 0.4) is 0 Å². The summed E-state index contributed by atoms with van der Waals surface area (Å²) in [5.74, 6) is 1.20. The van der Waals surface area contributed by atoms with Crippen LogP contribution in [-0.4, -0.2) is 61.3 Å². The van der Waals surface area contributed by atoms with Crippen LogP contribution in [0.25, 0.3) is 11.0 Å². The summed E-state index contributed by atoms with van der Waals surface area (Å²) in [6.07, 6.45) is 5.72. The highest BCUT2D eigenvalue weighted by Crippen LogP contribution is 2.36. The molecule has 8 heteroatoms. The quantitative estimate of drug-likeness (QED) is 0.618. The molecule has 3 aliphatic rings. The molecule has 0 spiro atoms. The number of benzene rings is 1. The Morgan fingerprint density at radius 2 is 1.69 bits per heavy atom. The van der Waals surface area contributed by atoms with Crippen LogP contribution in [0.1, 0.15) is 37.3 Å². The number of hydrogen-bond donors (Lipinski definition) is 1. The normalized spacial score (nSPS) is 22.5. The second kappa shape index (κ2) is 8.90. The summed E-state index contributed by atoms with van der Waals surface area (Å²) in [4.78, 5) is 23.7. The van der Waals surface area contributed by atoms with Gasteiger partial charge in [-0.1, -0.05) is 0 Å². The maximum absolute atomic E-state index is 12.0. The number of nitrogens with one attached hydrogen (secondary N) is 1. The zero-order chi connectivity index (χ0) is 23.9. The first kappa shape index (κ1) is 21.9. The summed E-state index contributed by atoms with van der Waals surface area (Å²) >= 11 is 0. The molecule has 6 rings (SSSR count). The smallest absolute Gasteiger partial charge is 0.227 e. The molecule has 4 heterocycles. The molecule has 2 saturated heterocycles. The van der Waals surface area contributed by atoms with E-state index in [1.165, 1.54) is 5.69 Å². The number of nitriles is 1. The molecular formula is C27H31N7O. The molecular weight excluding hydrogens is 438 g/mol. The number of pyridine rings is 1. The number of piperazine rings is 1. The first-order valence-corrected chi connectivity index (χ1v) is 12.6. The van der Waals surface area contributed by atoms with Gasteiger partial charge in [0.2, 0.25) is 5.91 Å². The maximum atomic E-state index is 12.0. The van der Waals surface area contributed by atoms with Crippen molar-refractivity contribution < 1.29 is 4.79 Å². The minimum absolute atomic E-state index is 0.225. The van der Waals surface area contributed by atoms with Crippen molar-refractivity contribution in [3.63, 3.8) is 0 Å². The Balaban J connectivity index is 1.16. The number of amides is 1. The van der Waals surface area contributed by atoms with E-state index in [1.54, 1.807) is 0 Å². The lowest BCUT2D eigenvalue weighted by Crippen LogP contribution is -2.46. The molecule has 1 aromatic carbocycles. The van der Waals surface area contributed by atoms with Crippen LogP contribution < -0.4 is 20.0 Å². The summed E-state index contributed by atoms with van der Waals surface area (Å²) in [5, 5.41) is 13.9. The second-order valence-corrected chi connectivity index (χ2v) is 9.85. The third kappa shape index (κ3) is 3.90. The lowest BCUT2D eigenvalue weighted by atomic mass is 9.87. The first-order valence-electron chi connectivity index (χ1n) is 12.6. The van der Waals surface area contributed by atoms with Gasteiger partial charge >= 0.3 is 0 Å². The number of carbonyl (C=O) groups excluding carboxylic acids is 1. The average Bonchev–Trinajstić information content (AvgIpc) is 3.47. The molecule has 2 aliphatic heterocycles. The van der Waals surface area contributed by atoms with Crippen molar-refractivity contribution in [1.29, 1.82) is 5.26 Å². The molecule has 8 nitrogen and oxygen atoms in total. The van der Waals surface area contributed by atoms with Gasteiger partial charge in [-0.3, -0.25) is 4.79 Å². The van der Waals surface area contributed by atoms with E-state index >= 15 is 0 Å². The summed E-state index contributed by atoms with van der Waals surface area (Å²) in [5.41, 5.74) is 3.82. The van der Waals surface area contributed by atoms with Gasteiger partial charge in [-0.25, -0.2) is 4.98 Å². The number of fused-ring (bicyclic) bond motifs is 1. The van der Waals surface area contributed by atoms with Gasteiger partial charge < -0.3 is 24.6 Å². The van der Waals surface area contributed by atoms with E-state index in [1.807, 2.05) is 18.1 Å². The van der Waals surface area contributed by atoms with Gasteiger partial charge in [0, 0.05) is 74.2 Å². The van der Waals surface area contributed by atoms with Crippen LogP contribution in [-0.2, 0) is 4.79 Å². The summed E-state index contributed by atoms with van der Waals surface area (Å²) in [6.45, 7) is 4.44. The van der Waals surface area contributed by atoms with Gasteiger partial charge in [0.25, 0.3) is 0 Å². The fourth-order valence-corrected chi connectivity index (χ4v) is 5.67. The van der Waals surface area contributed by atoms with E-state index < -0.39 is 0 Å². The van der Waals surface area contributed by atoms with Crippen LogP contribution in [0.2, 0.25) is 0 Å². The zero-order valence-corrected chi connectivity index (χ0v) is 20.2. The molecule has 3 fully saturated rings. The minimum atomic E-state index is 0.225. The average molecular weight is 470 g/mol. The van der Waals surface area contributed by atoms with E-state index in [2.05, 4.69) is 62.2 Å². The SMILES string of the molecule is CN[C@H]1C[C@H](n2cc(C#N)c3ccc(N4CCN(c5ccc(N6CCCC6=O)cc5)CC4)nc32)C1. The van der Waals surface area contributed by atoms with Crippen molar-refractivity contribution in [3.05, 3.63) is 48.2 Å². The number of rotatable bonds is 5. The molecule has 2 aromatic heterocycles. The summed E-state index contributed by atoms with van der Waals surface area (Å²) in [6, 6.07) is 15.8. The predicted octanol–water partition coefficient (Wildman–Crippen LogP) is 3.28. The van der Waals surface area contributed by atoms with Crippen LogP contribution in [0.5, 0.6) is 0 Å². The fraction of sp³-hybridized carbons (Fsp3) is 0.444. The highest BCUT2D eigenvalue weighted by molar-refractivity contribution is 5.95. The van der Waals surface area contributed by atoms with Crippen molar-refractivity contribution in [2.75, 3.05) is 54.5 Å². The van der Waals surface area contributed by atoms with Crippen molar-refractivity contribution >= 4 is 34.1 Å². The number of nitrogens with zero attached hydrogens (tertiary/aromatic N) is 6. The highest BCUT2D eigenvalue weighted by Gasteiger charge is 2.31. The van der Waals surface area contributed by atoms with Crippen molar-refractivity contribution in [3.8, 4) is 6.07 Å². The van der Waals surface area contributed by atoms with Gasteiger partial charge in [-0.2, -0.15) is 5.26 Å². The highest BCUT2D eigenvalue weighted by atomic mass is 16.2. The molecule has 0 bridgehead atoms. The van der Waals surface area contributed by atoms with Gasteiger partial charge in [0.15, 0.2) is 0 Å². The van der Waals surface area contributed by atoms with Gasteiger partial charge in [0.1, 0.15) is 17.5 Å². The zero-order valence-electron chi connectivity index (χ0n) is 20.2. The topological polar surface area (TPSA) is 80.4 Å². The number of aromatic nitrogens is 2. The van der Waals surface area contributed by atoms with E-state index in [4.69, 9.17) is 4.98 Å². The molecule has 3 aromatic rings. The van der Waals surface area contributed by atoms with Crippen molar-refractivity contribution in [2.24, 2.45) is 0 Å². The van der Waals surface area contributed by atoms with E-state index in [-0.39, 0.29) is 5.91 Å². The maximum Gasteiger partial charge on any atom is 0.227 e. The fourth-order valence-electron chi connectivity index (χ4n) is 5.67. The van der Waals surface area contributed by atoms with E-state index in [9.17, 15) is 10.1 Å². The largest absolute Gasteiger partial charge is 0.368 e. The molecule has 1 N–H and O–H groups in total. The Bertz CT molecular complexity index is 1280. The van der Waals surface area contributed by atoms with E-state index in [0.29, 0.717) is 24.1 Å². The Labute approximate surface area is 205 Å². The summed E-state index contributed by atoms with van der Waals surface area (Å²) < 4.78 is 2.22. The number of carbonyl (C=O) groups is 1. The monoisotopic (exact) mass is 469 g/mol. The predicted molar refractivity (Wildman–Crippen MR) is 138 cm³/mol. The van der Waals surface area contributed by atoms with Crippen LogP contribution in [0, 0.1) is 11.3 Å². The molecule has 180 valence electrons. The minimum Gasteiger partial charge on any atom is -0.368 e. The first-order chi connectivity index (χ1) is 17.1.